The van der Waals surface area contributed by atoms with Crippen molar-refractivity contribution in [2.45, 2.75) is 6.92 Å². The van der Waals surface area contributed by atoms with Crippen molar-refractivity contribution in [3.05, 3.63) is 24.6 Å². The first-order valence-electron chi connectivity index (χ1n) is 2.46. The number of rotatable bonds is 2. The fraction of sp³-hybridized carbons (Fsp3) is 0.167. The van der Waals surface area contributed by atoms with Crippen molar-refractivity contribution in [1.82, 2.24) is 0 Å². The van der Waals surface area contributed by atoms with Crippen LogP contribution in [0.25, 0.3) is 0 Å². The lowest BCUT2D eigenvalue weighted by atomic mass is 10.5. The molecule has 0 aromatic carbocycles. The van der Waals surface area contributed by atoms with E-state index in [4.69, 9.17) is 5.73 Å². The van der Waals surface area contributed by atoms with Crippen LogP contribution >= 0.6 is 22.6 Å². The van der Waals surface area contributed by atoms with E-state index in [-0.39, 0.29) is 0 Å². The van der Waals surface area contributed by atoms with Gasteiger partial charge in [0.1, 0.15) is 3.72 Å². The standard InChI is InChI=1S/C6H9IN2/c1-3-6(7)9-5(2)4-8/h3-4H,1,8H2,2H3/b5-4-,9-6?. The van der Waals surface area contributed by atoms with E-state index in [0.29, 0.717) is 0 Å². The van der Waals surface area contributed by atoms with E-state index in [9.17, 15) is 0 Å². The van der Waals surface area contributed by atoms with Crippen molar-refractivity contribution in [2.75, 3.05) is 0 Å². The molecule has 0 unspecified atom stereocenters. The number of allylic oxidation sites excluding steroid dienone is 2. The first kappa shape index (κ1) is 8.68. The third-order valence-corrected chi connectivity index (χ3v) is 1.37. The van der Waals surface area contributed by atoms with E-state index < -0.39 is 0 Å². The molecule has 0 rings (SSSR count). The summed E-state index contributed by atoms with van der Waals surface area (Å²) in [4.78, 5) is 4.04. The third-order valence-electron chi connectivity index (χ3n) is 0.693. The maximum absolute atomic E-state index is 5.17. The fourth-order valence-electron chi connectivity index (χ4n) is 0.251. The van der Waals surface area contributed by atoms with Gasteiger partial charge in [0.15, 0.2) is 0 Å². The maximum Gasteiger partial charge on any atom is 0.101 e. The fourth-order valence-corrected chi connectivity index (χ4v) is 0.632. The van der Waals surface area contributed by atoms with Gasteiger partial charge in [-0.1, -0.05) is 6.58 Å². The van der Waals surface area contributed by atoms with Crippen LogP contribution in [0.4, 0.5) is 0 Å². The van der Waals surface area contributed by atoms with Crippen LogP contribution in [-0.2, 0) is 0 Å². The van der Waals surface area contributed by atoms with Crippen LogP contribution in [0.15, 0.2) is 29.5 Å². The van der Waals surface area contributed by atoms with E-state index in [0.717, 1.165) is 9.42 Å². The van der Waals surface area contributed by atoms with Gasteiger partial charge in [0.25, 0.3) is 0 Å². The Kier molecular flexibility index (Phi) is 4.39. The molecule has 9 heavy (non-hydrogen) atoms. The van der Waals surface area contributed by atoms with Crippen LogP contribution in [-0.4, -0.2) is 3.72 Å². The molecule has 0 saturated carbocycles. The normalized spacial score (nSPS) is 13.6. The Balaban J connectivity index is 4.11. The van der Waals surface area contributed by atoms with E-state index >= 15 is 0 Å². The first-order valence-corrected chi connectivity index (χ1v) is 3.53. The zero-order chi connectivity index (χ0) is 7.28. The Morgan fingerprint density at radius 1 is 1.78 bits per heavy atom. The summed E-state index contributed by atoms with van der Waals surface area (Å²) >= 11 is 2.08. The molecule has 0 spiro atoms. The second-order valence-corrected chi connectivity index (χ2v) is 2.55. The summed E-state index contributed by atoms with van der Waals surface area (Å²) in [5, 5.41) is 0. The van der Waals surface area contributed by atoms with Gasteiger partial charge in [-0.25, -0.2) is 4.99 Å². The summed E-state index contributed by atoms with van der Waals surface area (Å²) in [6.07, 6.45) is 3.13. The number of hydrogen-bond acceptors (Lipinski definition) is 2. The van der Waals surface area contributed by atoms with Crippen LogP contribution < -0.4 is 5.73 Å². The van der Waals surface area contributed by atoms with Gasteiger partial charge in [-0.15, -0.1) is 0 Å². The Bertz CT molecular complexity index is 158. The molecule has 0 saturated heterocycles. The van der Waals surface area contributed by atoms with Crippen LogP contribution in [0.5, 0.6) is 0 Å². The Hall–Kier alpha value is -0.320. The molecule has 0 aliphatic rings. The highest BCUT2D eigenvalue weighted by atomic mass is 127. The predicted molar refractivity (Wildman–Crippen MR) is 49.6 cm³/mol. The Morgan fingerprint density at radius 3 is 2.67 bits per heavy atom. The molecule has 0 radical (unpaired) electrons. The quantitative estimate of drug-likeness (QED) is 0.576. The third kappa shape index (κ3) is 4.20. The van der Waals surface area contributed by atoms with E-state index in [1.54, 1.807) is 6.08 Å². The molecule has 2 N–H and O–H groups in total. The minimum atomic E-state index is 0.805. The Labute approximate surface area is 68.7 Å². The second kappa shape index (κ2) is 4.55. The van der Waals surface area contributed by atoms with Gasteiger partial charge in [-0.3, -0.25) is 0 Å². The molecule has 3 heteroatoms. The topological polar surface area (TPSA) is 38.4 Å². The molecule has 0 bridgehead atoms. The number of hydrogen-bond donors (Lipinski definition) is 1. The lowest BCUT2D eigenvalue weighted by Gasteiger charge is -1.88. The van der Waals surface area contributed by atoms with Crippen LogP contribution in [0.1, 0.15) is 6.92 Å². The van der Waals surface area contributed by atoms with Gasteiger partial charge in [0, 0.05) is 6.20 Å². The van der Waals surface area contributed by atoms with Crippen molar-refractivity contribution in [1.29, 1.82) is 0 Å². The number of aliphatic imine (C=N–C) groups is 1. The van der Waals surface area contributed by atoms with Crippen LogP contribution in [0.2, 0.25) is 0 Å². The average molecular weight is 236 g/mol. The van der Waals surface area contributed by atoms with E-state index in [2.05, 4.69) is 34.2 Å². The van der Waals surface area contributed by atoms with Gasteiger partial charge in [-0.05, 0) is 35.6 Å². The van der Waals surface area contributed by atoms with E-state index in [1.165, 1.54) is 6.20 Å². The number of nitrogens with zero attached hydrogens (tertiary/aromatic N) is 1. The number of nitrogens with two attached hydrogens (primary N) is 1. The first-order chi connectivity index (χ1) is 4.20. The second-order valence-electron chi connectivity index (χ2n) is 1.45. The summed E-state index contributed by atoms with van der Waals surface area (Å²) in [6.45, 7) is 5.38. The molecule has 0 fully saturated rings. The van der Waals surface area contributed by atoms with Gasteiger partial charge < -0.3 is 5.73 Å². The van der Waals surface area contributed by atoms with Gasteiger partial charge in [0.05, 0.1) is 5.70 Å². The highest BCUT2D eigenvalue weighted by Gasteiger charge is 1.83. The smallest absolute Gasteiger partial charge is 0.101 e. The maximum atomic E-state index is 5.17. The molecular weight excluding hydrogens is 227 g/mol. The average Bonchev–Trinajstić information content (AvgIpc) is 1.87. The van der Waals surface area contributed by atoms with Crippen molar-refractivity contribution in [2.24, 2.45) is 10.7 Å². The SMILES string of the molecule is C=CC(I)=N/C(C)=C\N. The summed E-state index contributed by atoms with van der Waals surface area (Å²) in [5.41, 5.74) is 5.97. The largest absolute Gasteiger partial charge is 0.403 e. The molecule has 0 aromatic rings. The van der Waals surface area contributed by atoms with Crippen LogP contribution in [0, 0.1) is 0 Å². The minimum absolute atomic E-state index is 0.805. The highest BCUT2D eigenvalue weighted by Crippen LogP contribution is 1.98. The van der Waals surface area contributed by atoms with Gasteiger partial charge in [-0.2, -0.15) is 0 Å². The summed E-state index contributed by atoms with van der Waals surface area (Å²) in [5.74, 6) is 0. The lowest BCUT2D eigenvalue weighted by molar-refractivity contribution is 1.28. The lowest BCUT2D eigenvalue weighted by Crippen LogP contribution is -1.83. The molecule has 0 amide bonds. The van der Waals surface area contributed by atoms with Crippen LogP contribution in [0.3, 0.4) is 0 Å². The van der Waals surface area contributed by atoms with Crippen molar-refractivity contribution in [3.8, 4) is 0 Å². The van der Waals surface area contributed by atoms with Gasteiger partial charge in [0.2, 0.25) is 0 Å². The predicted octanol–water partition coefficient (Wildman–Crippen LogP) is 1.83. The molecule has 50 valence electrons. The summed E-state index contributed by atoms with van der Waals surface area (Å²) in [6, 6.07) is 0. The zero-order valence-corrected chi connectivity index (χ0v) is 7.42. The zero-order valence-electron chi connectivity index (χ0n) is 5.26. The highest BCUT2D eigenvalue weighted by molar-refractivity contribution is 14.1. The minimum Gasteiger partial charge on any atom is -0.403 e. The molecule has 0 atom stereocenters. The molecule has 0 aromatic heterocycles. The van der Waals surface area contributed by atoms with Crippen molar-refractivity contribution >= 4 is 26.3 Å². The molecule has 0 aliphatic heterocycles. The molecular formula is C6H9IN2. The van der Waals surface area contributed by atoms with Crippen molar-refractivity contribution < 1.29 is 0 Å². The summed E-state index contributed by atoms with van der Waals surface area (Å²) in [7, 11) is 0. The summed E-state index contributed by atoms with van der Waals surface area (Å²) < 4.78 is 0.854. The Morgan fingerprint density at radius 2 is 2.33 bits per heavy atom. The molecule has 0 aliphatic carbocycles. The van der Waals surface area contributed by atoms with Gasteiger partial charge >= 0.3 is 0 Å². The molecule has 2 nitrogen and oxygen atoms in total. The van der Waals surface area contributed by atoms with Crippen molar-refractivity contribution in [3.63, 3.8) is 0 Å². The number of halogens is 1. The monoisotopic (exact) mass is 236 g/mol. The van der Waals surface area contributed by atoms with E-state index in [1.807, 2.05) is 6.92 Å². The molecule has 0 heterocycles.